The second-order valence-electron chi connectivity index (χ2n) is 6.07. The molecule has 1 saturated carbocycles. The zero-order valence-corrected chi connectivity index (χ0v) is 14.0. The van der Waals surface area contributed by atoms with Gasteiger partial charge in [-0.15, -0.1) is 0 Å². The summed E-state index contributed by atoms with van der Waals surface area (Å²) >= 11 is 5.88. The fraction of sp³-hybridized carbons (Fsp3) is 0.263. The Balaban J connectivity index is 1.70. The summed E-state index contributed by atoms with van der Waals surface area (Å²) in [5, 5.41) is 0.563. The summed E-state index contributed by atoms with van der Waals surface area (Å²) in [6, 6.07) is 9.58. The van der Waals surface area contributed by atoms with Gasteiger partial charge in [-0.2, -0.15) is 0 Å². The second-order valence-corrected chi connectivity index (χ2v) is 6.50. The molecule has 3 rings (SSSR count). The molecule has 0 N–H and O–H groups in total. The van der Waals surface area contributed by atoms with Crippen LogP contribution in [-0.2, 0) is 14.9 Å². The van der Waals surface area contributed by atoms with Crippen molar-refractivity contribution >= 4 is 23.4 Å². The van der Waals surface area contributed by atoms with Gasteiger partial charge in [0, 0.05) is 11.1 Å². The van der Waals surface area contributed by atoms with Crippen molar-refractivity contribution in [2.75, 3.05) is 6.61 Å². The van der Waals surface area contributed by atoms with Gasteiger partial charge in [-0.1, -0.05) is 30.2 Å². The molecule has 25 heavy (non-hydrogen) atoms. The molecule has 130 valence electrons. The van der Waals surface area contributed by atoms with Gasteiger partial charge in [-0.25, -0.2) is 8.78 Å². The molecule has 0 spiro atoms. The van der Waals surface area contributed by atoms with E-state index in [9.17, 15) is 18.4 Å². The summed E-state index contributed by atoms with van der Waals surface area (Å²) in [6.07, 6.45) is 2.11. The van der Waals surface area contributed by atoms with E-state index in [1.165, 1.54) is 0 Å². The zero-order chi connectivity index (χ0) is 18.0. The Kier molecular flexibility index (Phi) is 4.86. The first-order valence-corrected chi connectivity index (χ1v) is 8.22. The molecule has 0 amide bonds. The van der Waals surface area contributed by atoms with Crippen LogP contribution in [0.5, 0.6) is 0 Å². The maximum atomic E-state index is 13.6. The van der Waals surface area contributed by atoms with E-state index in [1.807, 2.05) is 0 Å². The Labute approximate surface area is 148 Å². The largest absolute Gasteiger partial charge is 0.457 e. The maximum absolute atomic E-state index is 13.6. The molecule has 0 radical (unpaired) electrons. The molecule has 0 aliphatic heterocycles. The van der Waals surface area contributed by atoms with E-state index >= 15 is 0 Å². The van der Waals surface area contributed by atoms with Gasteiger partial charge in [0.05, 0.1) is 11.0 Å². The molecule has 1 aliphatic carbocycles. The van der Waals surface area contributed by atoms with E-state index in [4.69, 9.17) is 16.3 Å². The van der Waals surface area contributed by atoms with Crippen LogP contribution < -0.4 is 0 Å². The molecule has 0 unspecified atom stereocenters. The van der Waals surface area contributed by atoms with Crippen molar-refractivity contribution in [1.29, 1.82) is 0 Å². The van der Waals surface area contributed by atoms with Crippen LogP contribution in [0.1, 0.15) is 35.2 Å². The molecule has 1 fully saturated rings. The maximum Gasteiger partial charge on any atom is 0.317 e. The lowest BCUT2D eigenvalue weighted by molar-refractivity contribution is -0.153. The van der Waals surface area contributed by atoms with Gasteiger partial charge in [0.25, 0.3) is 0 Å². The quantitative estimate of drug-likeness (QED) is 0.581. The first-order chi connectivity index (χ1) is 11.9. The third kappa shape index (κ3) is 3.42. The number of Topliss-reactive ketones (excluding diaryl/α,β-unsaturated/α-hetero) is 1. The summed E-state index contributed by atoms with van der Waals surface area (Å²) in [6.45, 7) is -0.587. The number of halogens is 3. The van der Waals surface area contributed by atoms with Gasteiger partial charge in [0.15, 0.2) is 6.61 Å². The highest BCUT2D eigenvalue weighted by Gasteiger charge is 2.47. The average molecular weight is 365 g/mol. The highest BCUT2D eigenvalue weighted by molar-refractivity contribution is 6.30. The summed E-state index contributed by atoms with van der Waals surface area (Å²) in [4.78, 5) is 24.6. The number of benzene rings is 2. The fourth-order valence-electron chi connectivity index (χ4n) is 2.97. The zero-order valence-electron chi connectivity index (χ0n) is 13.2. The topological polar surface area (TPSA) is 43.4 Å². The smallest absolute Gasteiger partial charge is 0.317 e. The minimum Gasteiger partial charge on any atom is -0.457 e. The normalized spacial score (nSPS) is 15.3. The summed E-state index contributed by atoms with van der Waals surface area (Å²) in [5.74, 6) is -2.98. The van der Waals surface area contributed by atoms with Crippen LogP contribution in [0.4, 0.5) is 8.78 Å². The van der Waals surface area contributed by atoms with Gasteiger partial charge < -0.3 is 4.74 Å². The third-order valence-corrected chi connectivity index (χ3v) is 4.81. The standard InChI is InChI=1S/C19H15ClF2O3/c20-13-4-2-12(3-5-13)19(8-1-9-19)18(24)25-11-17(23)15-7-6-14(21)10-16(15)22/h2-7,10H,1,8-9,11H2. The van der Waals surface area contributed by atoms with E-state index in [0.29, 0.717) is 23.9 Å². The van der Waals surface area contributed by atoms with Crippen molar-refractivity contribution in [2.45, 2.75) is 24.7 Å². The number of hydrogen-bond acceptors (Lipinski definition) is 3. The van der Waals surface area contributed by atoms with Crippen LogP contribution in [0, 0.1) is 11.6 Å². The van der Waals surface area contributed by atoms with Gasteiger partial charge in [-0.05, 0) is 42.7 Å². The van der Waals surface area contributed by atoms with E-state index in [-0.39, 0.29) is 5.56 Å². The molecule has 2 aromatic carbocycles. The summed E-state index contributed by atoms with van der Waals surface area (Å²) < 4.78 is 31.7. The number of hydrogen-bond donors (Lipinski definition) is 0. The van der Waals surface area contributed by atoms with Gasteiger partial charge in [0.1, 0.15) is 11.6 Å². The predicted molar refractivity (Wildman–Crippen MR) is 88.6 cm³/mol. The van der Waals surface area contributed by atoms with Crippen LogP contribution in [0.25, 0.3) is 0 Å². The molecule has 1 aliphatic rings. The third-order valence-electron chi connectivity index (χ3n) is 4.56. The first kappa shape index (κ1) is 17.5. The van der Waals surface area contributed by atoms with Crippen molar-refractivity contribution < 1.29 is 23.1 Å². The van der Waals surface area contributed by atoms with Crippen molar-refractivity contribution in [3.05, 3.63) is 70.2 Å². The number of ketones is 1. The van der Waals surface area contributed by atoms with Crippen molar-refractivity contribution in [2.24, 2.45) is 0 Å². The average Bonchev–Trinajstić information content (AvgIpc) is 2.53. The van der Waals surface area contributed by atoms with Crippen LogP contribution >= 0.6 is 11.6 Å². The van der Waals surface area contributed by atoms with Gasteiger partial charge in [0.2, 0.25) is 5.78 Å². The Bertz CT molecular complexity index is 814. The lowest BCUT2D eigenvalue weighted by Crippen LogP contribution is -2.44. The van der Waals surface area contributed by atoms with E-state index < -0.39 is 35.4 Å². The minimum atomic E-state index is -0.975. The molecule has 0 aromatic heterocycles. The van der Waals surface area contributed by atoms with Crippen LogP contribution in [-0.4, -0.2) is 18.4 Å². The van der Waals surface area contributed by atoms with Crippen LogP contribution in [0.2, 0.25) is 5.02 Å². The molecular formula is C19H15ClF2O3. The molecule has 6 heteroatoms. The molecule has 0 bridgehead atoms. The Morgan fingerprint density at radius 1 is 1.08 bits per heavy atom. The Morgan fingerprint density at radius 2 is 1.76 bits per heavy atom. The fourth-order valence-corrected chi connectivity index (χ4v) is 3.10. The monoisotopic (exact) mass is 364 g/mol. The van der Waals surface area contributed by atoms with Crippen molar-refractivity contribution in [3.63, 3.8) is 0 Å². The van der Waals surface area contributed by atoms with Crippen LogP contribution in [0.15, 0.2) is 42.5 Å². The van der Waals surface area contributed by atoms with E-state index in [0.717, 1.165) is 24.1 Å². The highest BCUT2D eigenvalue weighted by atomic mass is 35.5. The molecule has 0 heterocycles. The molecular weight excluding hydrogens is 350 g/mol. The molecule has 0 atom stereocenters. The minimum absolute atomic E-state index is 0.302. The number of rotatable bonds is 5. The second kappa shape index (κ2) is 6.92. The van der Waals surface area contributed by atoms with Gasteiger partial charge >= 0.3 is 5.97 Å². The number of carbonyl (C=O) groups is 2. The number of carbonyl (C=O) groups excluding carboxylic acids is 2. The van der Waals surface area contributed by atoms with E-state index in [2.05, 4.69) is 0 Å². The lowest BCUT2D eigenvalue weighted by Gasteiger charge is -2.39. The van der Waals surface area contributed by atoms with Crippen molar-refractivity contribution in [3.8, 4) is 0 Å². The SMILES string of the molecule is O=C(COC(=O)C1(c2ccc(Cl)cc2)CCC1)c1ccc(F)cc1F. The number of ether oxygens (including phenoxy) is 1. The summed E-state index contributed by atoms with van der Waals surface area (Å²) in [5.41, 5.74) is -0.302. The molecule has 0 saturated heterocycles. The summed E-state index contributed by atoms with van der Waals surface area (Å²) in [7, 11) is 0. The van der Waals surface area contributed by atoms with E-state index in [1.54, 1.807) is 24.3 Å². The first-order valence-electron chi connectivity index (χ1n) is 7.84. The van der Waals surface area contributed by atoms with Crippen LogP contribution in [0.3, 0.4) is 0 Å². The van der Waals surface area contributed by atoms with Gasteiger partial charge in [-0.3, -0.25) is 9.59 Å². The molecule has 3 nitrogen and oxygen atoms in total. The Morgan fingerprint density at radius 3 is 2.32 bits per heavy atom. The predicted octanol–water partition coefficient (Wildman–Crippen LogP) is 4.47. The Hall–Kier alpha value is -2.27. The molecule has 2 aromatic rings. The van der Waals surface area contributed by atoms with Crippen molar-refractivity contribution in [1.82, 2.24) is 0 Å². The number of esters is 1. The highest BCUT2D eigenvalue weighted by Crippen LogP contribution is 2.45. The lowest BCUT2D eigenvalue weighted by atomic mass is 9.64.